The van der Waals surface area contributed by atoms with Crippen LogP contribution >= 0.6 is 23.1 Å². The smallest absolute Gasteiger partial charge is 0.257 e. The maximum Gasteiger partial charge on any atom is 0.257 e. The van der Waals surface area contributed by atoms with E-state index in [0.717, 1.165) is 22.9 Å². The summed E-state index contributed by atoms with van der Waals surface area (Å²) < 4.78 is 28.2. The van der Waals surface area contributed by atoms with E-state index >= 15 is 0 Å². The van der Waals surface area contributed by atoms with Crippen molar-refractivity contribution in [2.45, 2.75) is 34.8 Å². The predicted octanol–water partition coefficient (Wildman–Crippen LogP) is 4.50. The summed E-state index contributed by atoms with van der Waals surface area (Å²) >= 11 is 2.84. The molecule has 0 saturated carbocycles. The van der Waals surface area contributed by atoms with Crippen molar-refractivity contribution in [3.63, 3.8) is 0 Å². The Hall–Kier alpha value is -2.27. The number of hydrogen-bond acceptors (Lipinski definition) is 7. The quantitative estimate of drug-likeness (QED) is 0.389. The van der Waals surface area contributed by atoms with Crippen LogP contribution in [0.5, 0.6) is 0 Å². The zero-order valence-electron chi connectivity index (χ0n) is 17.6. The van der Waals surface area contributed by atoms with Crippen LogP contribution in [-0.4, -0.2) is 41.9 Å². The molecule has 1 aliphatic rings. The zero-order chi connectivity index (χ0) is 22.6. The molecule has 1 saturated heterocycles. The second kappa shape index (κ2) is 10.1. The number of aromatic nitrogens is 2. The van der Waals surface area contributed by atoms with Crippen LogP contribution in [0.4, 0.5) is 5.13 Å². The van der Waals surface area contributed by atoms with Gasteiger partial charge in [-0.1, -0.05) is 66.4 Å². The van der Waals surface area contributed by atoms with Gasteiger partial charge in [-0.15, -0.1) is 10.2 Å². The van der Waals surface area contributed by atoms with Gasteiger partial charge in [-0.05, 0) is 42.5 Å². The summed E-state index contributed by atoms with van der Waals surface area (Å²) in [6.07, 6.45) is 1.70. The lowest BCUT2D eigenvalue weighted by Gasteiger charge is -2.29. The lowest BCUT2D eigenvalue weighted by molar-refractivity contribution is 0.102. The maximum atomic E-state index is 13.0. The van der Waals surface area contributed by atoms with E-state index in [0.29, 0.717) is 24.1 Å². The Morgan fingerprint density at radius 1 is 1.12 bits per heavy atom. The first-order chi connectivity index (χ1) is 15.4. The zero-order valence-corrected chi connectivity index (χ0v) is 20.0. The maximum absolute atomic E-state index is 13.0. The lowest BCUT2D eigenvalue weighted by atomic mass is 10.0. The van der Waals surface area contributed by atoms with Gasteiger partial charge in [0.25, 0.3) is 5.91 Å². The molecule has 2 aromatic carbocycles. The van der Waals surface area contributed by atoms with Gasteiger partial charge in [0.1, 0.15) is 0 Å². The van der Waals surface area contributed by atoms with Crippen LogP contribution in [-0.2, 0) is 15.8 Å². The minimum atomic E-state index is -3.62. The SMILES string of the molecule is CC1CCN(S(=O)(=O)c2cccc(C(=O)Nc3nnc(SCc4ccccc4)s3)c2)CC1. The molecule has 0 bridgehead atoms. The molecule has 3 aromatic rings. The number of nitrogens with one attached hydrogen (secondary N) is 1. The van der Waals surface area contributed by atoms with E-state index in [1.165, 1.54) is 33.3 Å². The molecule has 0 radical (unpaired) electrons. The number of rotatable bonds is 7. The average molecular weight is 489 g/mol. The van der Waals surface area contributed by atoms with E-state index < -0.39 is 15.9 Å². The second-order valence-corrected chi connectivity index (χ2v) is 11.9. The number of piperidine rings is 1. The third-order valence-corrected chi connectivity index (χ3v) is 9.25. The van der Waals surface area contributed by atoms with Gasteiger partial charge in [-0.25, -0.2) is 8.42 Å². The molecule has 10 heteroatoms. The topological polar surface area (TPSA) is 92.3 Å². The van der Waals surface area contributed by atoms with Crippen molar-refractivity contribution >= 4 is 44.2 Å². The Morgan fingerprint density at radius 2 is 1.88 bits per heavy atom. The Morgan fingerprint density at radius 3 is 2.62 bits per heavy atom. The molecule has 168 valence electrons. The van der Waals surface area contributed by atoms with Crippen LogP contribution in [0.25, 0.3) is 0 Å². The van der Waals surface area contributed by atoms with E-state index in [2.05, 4.69) is 22.4 Å². The van der Waals surface area contributed by atoms with Crippen LogP contribution in [0.1, 0.15) is 35.7 Å². The Labute approximate surface area is 196 Å². The minimum Gasteiger partial charge on any atom is -0.296 e. The molecular formula is C22H24N4O3S3. The highest BCUT2D eigenvalue weighted by Crippen LogP contribution is 2.29. The van der Waals surface area contributed by atoms with Crippen LogP contribution in [0.2, 0.25) is 0 Å². The molecule has 1 aliphatic heterocycles. The van der Waals surface area contributed by atoms with Gasteiger partial charge in [0, 0.05) is 24.4 Å². The van der Waals surface area contributed by atoms with E-state index in [1.807, 2.05) is 30.3 Å². The first kappa shape index (κ1) is 22.9. The number of benzene rings is 2. The van der Waals surface area contributed by atoms with Crippen molar-refractivity contribution in [1.82, 2.24) is 14.5 Å². The number of hydrogen-bond donors (Lipinski definition) is 1. The highest BCUT2D eigenvalue weighted by atomic mass is 32.2. The van der Waals surface area contributed by atoms with Crippen molar-refractivity contribution in [3.8, 4) is 0 Å². The van der Waals surface area contributed by atoms with Crippen LogP contribution in [0.15, 0.2) is 63.8 Å². The molecular weight excluding hydrogens is 464 g/mol. The molecule has 1 N–H and O–H groups in total. The van der Waals surface area contributed by atoms with Crippen molar-refractivity contribution in [2.24, 2.45) is 5.92 Å². The van der Waals surface area contributed by atoms with E-state index in [-0.39, 0.29) is 10.5 Å². The van der Waals surface area contributed by atoms with Gasteiger partial charge in [-0.2, -0.15) is 4.31 Å². The monoisotopic (exact) mass is 488 g/mol. The predicted molar refractivity (Wildman–Crippen MR) is 127 cm³/mol. The molecule has 1 fully saturated rings. The molecule has 4 rings (SSSR count). The van der Waals surface area contributed by atoms with Gasteiger partial charge >= 0.3 is 0 Å². The van der Waals surface area contributed by atoms with Crippen molar-refractivity contribution in [3.05, 3.63) is 65.7 Å². The fourth-order valence-electron chi connectivity index (χ4n) is 3.38. The molecule has 7 nitrogen and oxygen atoms in total. The summed E-state index contributed by atoms with van der Waals surface area (Å²) in [6, 6.07) is 16.2. The highest BCUT2D eigenvalue weighted by molar-refractivity contribution is 8.00. The van der Waals surface area contributed by atoms with E-state index in [4.69, 9.17) is 0 Å². The molecule has 0 aliphatic carbocycles. The molecule has 32 heavy (non-hydrogen) atoms. The molecule has 0 spiro atoms. The molecule has 2 heterocycles. The molecule has 1 amide bonds. The summed E-state index contributed by atoms with van der Waals surface area (Å²) in [4.78, 5) is 12.8. The van der Waals surface area contributed by atoms with Gasteiger partial charge in [0.05, 0.1) is 4.90 Å². The minimum absolute atomic E-state index is 0.135. The second-order valence-electron chi connectivity index (χ2n) is 7.72. The Bertz CT molecular complexity index is 1170. The summed E-state index contributed by atoms with van der Waals surface area (Å²) in [5, 5.41) is 11.3. The Balaban J connectivity index is 1.40. The third-order valence-electron chi connectivity index (χ3n) is 5.31. The van der Waals surface area contributed by atoms with Crippen molar-refractivity contribution < 1.29 is 13.2 Å². The van der Waals surface area contributed by atoms with Gasteiger partial charge in [0.2, 0.25) is 15.2 Å². The number of thioether (sulfide) groups is 1. The number of amides is 1. The van der Waals surface area contributed by atoms with E-state index in [1.54, 1.807) is 23.9 Å². The lowest BCUT2D eigenvalue weighted by Crippen LogP contribution is -2.37. The first-order valence-corrected chi connectivity index (χ1v) is 13.6. The summed E-state index contributed by atoms with van der Waals surface area (Å²) in [6.45, 7) is 3.15. The Kier molecular flexibility index (Phi) is 7.24. The summed E-state index contributed by atoms with van der Waals surface area (Å²) in [5.74, 6) is 0.879. The normalized spacial score (nSPS) is 15.5. The number of nitrogens with zero attached hydrogens (tertiary/aromatic N) is 3. The largest absolute Gasteiger partial charge is 0.296 e. The highest BCUT2D eigenvalue weighted by Gasteiger charge is 2.28. The fourth-order valence-corrected chi connectivity index (χ4v) is 6.60. The average Bonchev–Trinajstić information content (AvgIpc) is 3.26. The van der Waals surface area contributed by atoms with Crippen molar-refractivity contribution in [1.29, 1.82) is 0 Å². The molecule has 0 unspecified atom stereocenters. The number of carbonyl (C=O) groups is 1. The standard InChI is InChI=1S/C22H24N4O3S3/c1-16-10-12-26(13-11-16)32(28,29)19-9-5-8-18(14-19)20(27)23-21-24-25-22(31-21)30-15-17-6-3-2-4-7-17/h2-9,14,16H,10-13,15H2,1H3,(H,23,24,27). The van der Waals surface area contributed by atoms with Gasteiger partial charge in [-0.3, -0.25) is 10.1 Å². The van der Waals surface area contributed by atoms with Crippen LogP contribution in [0.3, 0.4) is 0 Å². The summed E-state index contributed by atoms with van der Waals surface area (Å²) in [5.41, 5.74) is 1.45. The van der Waals surface area contributed by atoms with Crippen molar-refractivity contribution in [2.75, 3.05) is 18.4 Å². The van der Waals surface area contributed by atoms with Gasteiger partial charge in [0.15, 0.2) is 4.34 Å². The number of anilines is 1. The fraction of sp³-hybridized carbons (Fsp3) is 0.318. The summed E-state index contributed by atoms with van der Waals surface area (Å²) in [7, 11) is -3.62. The van der Waals surface area contributed by atoms with E-state index in [9.17, 15) is 13.2 Å². The molecule has 1 aromatic heterocycles. The number of sulfonamides is 1. The van der Waals surface area contributed by atoms with Crippen LogP contribution in [0, 0.1) is 5.92 Å². The first-order valence-electron chi connectivity index (χ1n) is 10.3. The molecule has 0 atom stereocenters. The number of carbonyl (C=O) groups excluding carboxylic acids is 1. The third kappa shape index (κ3) is 5.55. The van der Waals surface area contributed by atoms with Crippen LogP contribution < -0.4 is 5.32 Å². The van der Waals surface area contributed by atoms with Gasteiger partial charge < -0.3 is 0 Å².